The van der Waals surface area contributed by atoms with Gasteiger partial charge in [0.05, 0.1) is 0 Å². The summed E-state index contributed by atoms with van der Waals surface area (Å²) in [5.41, 5.74) is -3.01. The van der Waals surface area contributed by atoms with Crippen LogP contribution in [-0.2, 0) is 4.74 Å². The van der Waals surface area contributed by atoms with Crippen LogP contribution in [0.1, 0.15) is 0 Å². The van der Waals surface area contributed by atoms with Crippen molar-refractivity contribution in [3.05, 3.63) is 6.10 Å². The molecular weight excluding hydrogens is 223 g/mol. The molecule has 0 spiro atoms. The third-order valence-electron chi connectivity index (χ3n) is 1.73. The quantitative estimate of drug-likeness (QED) is 0.447. The molecule has 1 heterocycles. The van der Waals surface area contributed by atoms with Crippen LogP contribution in [0, 0.1) is 6.10 Å². The molecule has 0 bridgehead atoms. The van der Waals surface area contributed by atoms with Gasteiger partial charge in [0.2, 0.25) is 0 Å². The SMILES string of the molecule is OC(Cl)[C]1O[C@H](C(O)Cl)[C@@H](O)[C@@H]1O. The van der Waals surface area contributed by atoms with Crippen molar-refractivity contribution in [3.8, 4) is 0 Å². The Labute approximate surface area is 84.5 Å². The van der Waals surface area contributed by atoms with Gasteiger partial charge in [0.25, 0.3) is 0 Å². The van der Waals surface area contributed by atoms with E-state index in [0.29, 0.717) is 0 Å². The van der Waals surface area contributed by atoms with Crippen molar-refractivity contribution in [2.24, 2.45) is 0 Å². The topological polar surface area (TPSA) is 90.2 Å². The van der Waals surface area contributed by atoms with Crippen molar-refractivity contribution in [2.75, 3.05) is 0 Å². The summed E-state index contributed by atoms with van der Waals surface area (Å²) < 4.78 is 4.76. The summed E-state index contributed by atoms with van der Waals surface area (Å²) >= 11 is 10.4. The minimum absolute atomic E-state index is 0.307. The first-order valence-corrected chi connectivity index (χ1v) is 4.36. The van der Waals surface area contributed by atoms with Crippen molar-refractivity contribution >= 4 is 23.2 Å². The predicted molar refractivity (Wildman–Crippen MR) is 43.8 cm³/mol. The average Bonchev–Trinajstić information content (AvgIpc) is 2.29. The van der Waals surface area contributed by atoms with Gasteiger partial charge in [0.1, 0.15) is 18.3 Å². The minimum atomic E-state index is -1.54. The van der Waals surface area contributed by atoms with Crippen LogP contribution in [0.2, 0.25) is 0 Å². The zero-order valence-electron chi connectivity index (χ0n) is 6.34. The van der Waals surface area contributed by atoms with Gasteiger partial charge >= 0.3 is 0 Å². The van der Waals surface area contributed by atoms with Crippen molar-refractivity contribution in [1.82, 2.24) is 0 Å². The average molecular weight is 232 g/mol. The Bertz CT molecular complexity index is 158. The van der Waals surface area contributed by atoms with Gasteiger partial charge in [-0.1, -0.05) is 23.2 Å². The molecule has 5 atom stereocenters. The Morgan fingerprint density at radius 3 is 2.00 bits per heavy atom. The minimum Gasteiger partial charge on any atom is -0.387 e. The van der Waals surface area contributed by atoms with Crippen LogP contribution in [0.15, 0.2) is 0 Å². The molecule has 0 aromatic heterocycles. The zero-order chi connectivity index (χ0) is 10.2. The van der Waals surface area contributed by atoms with Crippen LogP contribution in [-0.4, -0.2) is 49.9 Å². The second-order valence-electron chi connectivity index (χ2n) is 2.63. The second-order valence-corrected chi connectivity index (χ2v) is 3.49. The highest BCUT2D eigenvalue weighted by atomic mass is 35.5. The summed E-state index contributed by atoms with van der Waals surface area (Å²) in [4.78, 5) is 0. The molecule has 77 valence electrons. The van der Waals surface area contributed by atoms with Gasteiger partial charge in [-0.3, -0.25) is 0 Å². The summed E-state index contributed by atoms with van der Waals surface area (Å²) in [6.45, 7) is 0. The highest BCUT2D eigenvalue weighted by molar-refractivity contribution is 6.21. The maximum Gasteiger partial charge on any atom is 0.172 e. The normalized spacial score (nSPS) is 40.6. The molecule has 0 saturated carbocycles. The van der Waals surface area contributed by atoms with Gasteiger partial charge in [-0.25, -0.2) is 0 Å². The lowest BCUT2D eigenvalue weighted by molar-refractivity contribution is -0.0247. The number of hydrogen-bond acceptors (Lipinski definition) is 5. The fourth-order valence-electron chi connectivity index (χ4n) is 1.06. The predicted octanol–water partition coefficient (Wildman–Crippen LogP) is -1.25. The van der Waals surface area contributed by atoms with Crippen LogP contribution >= 0.6 is 23.2 Å². The van der Waals surface area contributed by atoms with Crippen molar-refractivity contribution in [2.45, 2.75) is 29.4 Å². The molecule has 1 rings (SSSR count). The third-order valence-corrected chi connectivity index (χ3v) is 2.19. The first-order valence-electron chi connectivity index (χ1n) is 3.49. The summed E-state index contributed by atoms with van der Waals surface area (Å²) in [5, 5.41) is 36.2. The van der Waals surface area contributed by atoms with Crippen molar-refractivity contribution in [1.29, 1.82) is 0 Å². The molecule has 2 unspecified atom stereocenters. The van der Waals surface area contributed by atoms with Gasteiger partial charge in [0.15, 0.2) is 17.2 Å². The van der Waals surface area contributed by atoms with Crippen LogP contribution in [0.4, 0.5) is 0 Å². The summed E-state index contributed by atoms with van der Waals surface area (Å²) in [6, 6.07) is 0. The molecule has 0 aromatic carbocycles. The lowest BCUT2D eigenvalue weighted by Crippen LogP contribution is -2.36. The van der Waals surface area contributed by atoms with Crippen LogP contribution in [0.3, 0.4) is 0 Å². The Morgan fingerprint density at radius 2 is 1.77 bits per heavy atom. The van der Waals surface area contributed by atoms with E-state index >= 15 is 0 Å². The van der Waals surface area contributed by atoms with E-state index in [4.69, 9.17) is 38.2 Å². The van der Waals surface area contributed by atoms with E-state index < -0.39 is 29.4 Å². The molecule has 13 heavy (non-hydrogen) atoms. The number of ether oxygens (including phenoxy) is 1. The van der Waals surface area contributed by atoms with E-state index in [2.05, 4.69) is 0 Å². The lowest BCUT2D eigenvalue weighted by atomic mass is 10.1. The number of aliphatic hydroxyl groups is 4. The first-order chi connectivity index (χ1) is 5.95. The highest BCUT2D eigenvalue weighted by Gasteiger charge is 2.48. The molecule has 0 aromatic rings. The van der Waals surface area contributed by atoms with Gasteiger partial charge in [-0.05, 0) is 0 Å². The lowest BCUT2D eigenvalue weighted by Gasteiger charge is -2.15. The largest absolute Gasteiger partial charge is 0.387 e. The van der Waals surface area contributed by atoms with E-state index in [1.165, 1.54) is 0 Å². The fraction of sp³-hybridized carbons (Fsp3) is 0.833. The van der Waals surface area contributed by atoms with Crippen molar-refractivity contribution in [3.63, 3.8) is 0 Å². The van der Waals surface area contributed by atoms with Gasteiger partial charge in [-0.2, -0.15) is 0 Å². The van der Waals surface area contributed by atoms with Gasteiger partial charge < -0.3 is 25.2 Å². The Hall–Kier alpha value is 0.380. The van der Waals surface area contributed by atoms with E-state index in [0.717, 1.165) is 0 Å². The summed E-state index contributed by atoms with van der Waals surface area (Å²) in [7, 11) is 0. The van der Waals surface area contributed by atoms with E-state index in [1.54, 1.807) is 0 Å². The van der Waals surface area contributed by atoms with Gasteiger partial charge in [-0.15, -0.1) is 0 Å². The van der Waals surface area contributed by atoms with E-state index in [1.807, 2.05) is 0 Å². The highest BCUT2D eigenvalue weighted by Crippen LogP contribution is 2.33. The number of alkyl halides is 2. The molecule has 5 nitrogen and oxygen atoms in total. The van der Waals surface area contributed by atoms with Crippen LogP contribution in [0.25, 0.3) is 0 Å². The molecular formula is C6H9Cl2O5. The van der Waals surface area contributed by atoms with Crippen LogP contribution < -0.4 is 0 Å². The van der Waals surface area contributed by atoms with Crippen LogP contribution in [0.5, 0.6) is 0 Å². The van der Waals surface area contributed by atoms with E-state index in [-0.39, 0.29) is 6.10 Å². The molecule has 1 fully saturated rings. The third kappa shape index (κ3) is 2.24. The number of hydrogen-bond donors (Lipinski definition) is 4. The monoisotopic (exact) mass is 231 g/mol. The molecule has 4 N–H and O–H groups in total. The maximum absolute atomic E-state index is 9.24. The Morgan fingerprint density at radius 1 is 1.23 bits per heavy atom. The molecule has 0 amide bonds. The smallest absolute Gasteiger partial charge is 0.172 e. The van der Waals surface area contributed by atoms with Gasteiger partial charge in [0, 0.05) is 0 Å². The molecule has 0 aliphatic carbocycles. The number of aliphatic hydroxyl groups excluding tert-OH is 4. The molecule has 1 aliphatic heterocycles. The first kappa shape index (κ1) is 11.5. The maximum atomic E-state index is 9.24. The molecule has 1 radical (unpaired) electrons. The number of halogens is 2. The summed E-state index contributed by atoms with van der Waals surface area (Å²) in [6.07, 6.45) is -4.32. The standard InChI is InChI=1S/C6H9Cl2O5/c7-5(11)3-1(9)2(10)4(13-3)6(8)12/h1-3,5-6,9-12H/t1-,2-,3-,5?,6?/m0/s1. The van der Waals surface area contributed by atoms with Crippen molar-refractivity contribution < 1.29 is 25.2 Å². The Balaban J connectivity index is 2.66. The fourth-order valence-corrected chi connectivity index (χ4v) is 1.44. The molecule has 7 heteroatoms. The zero-order valence-corrected chi connectivity index (χ0v) is 7.85. The molecule has 1 saturated heterocycles. The van der Waals surface area contributed by atoms with E-state index in [9.17, 15) is 10.2 Å². The second kappa shape index (κ2) is 4.27. The summed E-state index contributed by atoms with van der Waals surface area (Å²) in [5.74, 6) is 0. The number of rotatable bonds is 2. The Kier molecular flexibility index (Phi) is 3.76. The molecule has 1 aliphatic rings.